The first-order chi connectivity index (χ1) is 26.8. The molecule has 56 heavy (non-hydrogen) atoms. The van der Waals surface area contributed by atoms with Crippen LogP contribution >= 0.6 is 22.6 Å². The molecular weight excluding hydrogens is 823 g/mol. The van der Waals surface area contributed by atoms with E-state index in [0.717, 1.165) is 44.5 Å². The van der Waals surface area contributed by atoms with Crippen molar-refractivity contribution in [2.24, 2.45) is 17.3 Å². The Kier molecular flexibility index (Phi) is 11.2. The molecule has 4 heterocycles. The number of rotatable bonds is 6. The number of phenolic OH excluding ortho intramolecular Hbond substituents is 1. The van der Waals surface area contributed by atoms with Gasteiger partial charge in [-0.25, -0.2) is 10.2 Å². The summed E-state index contributed by atoms with van der Waals surface area (Å²) in [5.41, 5.74) is 9.82. The van der Waals surface area contributed by atoms with Crippen LogP contribution in [0.1, 0.15) is 76.3 Å². The predicted octanol–water partition coefficient (Wildman–Crippen LogP) is 6.76. The van der Waals surface area contributed by atoms with Gasteiger partial charge in [-0.1, -0.05) is 26.0 Å². The zero-order chi connectivity index (χ0) is 39.9. The molecule has 2 aromatic carbocycles. The maximum Gasteiger partial charge on any atom is 0.338 e. The monoisotopic (exact) mass is 872 g/mol. The first-order valence-electron chi connectivity index (χ1n) is 19.4. The van der Waals surface area contributed by atoms with E-state index in [9.17, 15) is 24.8 Å². The first-order valence-corrected chi connectivity index (χ1v) is 20.5. The van der Waals surface area contributed by atoms with Crippen molar-refractivity contribution >= 4 is 51.3 Å². The number of ether oxygens (including phenoxy) is 2. The molecule has 0 radical (unpaired) electrons. The Labute approximate surface area is 341 Å². The van der Waals surface area contributed by atoms with Gasteiger partial charge in [-0.2, -0.15) is 5.26 Å². The number of hydrogen-bond acceptors (Lipinski definition) is 9. The Morgan fingerprint density at radius 1 is 1.20 bits per heavy atom. The number of aromatic nitrogens is 2. The minimum Gasteiger partial charge on any atom is -0.508 e. The second kappa shape index (κ2) is 15.8. The molecular formula is C43H49IN6O6. The average Bonchev–Trinajstić information content (AvgIpc) is 3.46. The van der Waals surface area contributed by atoms with Gasteiger partial charge in [0.1, 0.15) is 11.8 Å². The number of aryl methyl sites for hydroxylation is 1. The third-order valence-electron chi connectivity index (χ3n) is 11.5. The third kappa shape index (κ3) is 7.63. The molecule has 2 unspecified atom stereocenters. The quantitative estimate of drug-likeness (QED) is 0.0824. The number of nitrogens with zero attached hydrogens (tertiary/aromatic N) is 4. The maximum absolute atomic E-state index is 14.4. The van der Waals surface area contributed by atoms with Crippen molar-refractivity contribution in [3.63, 3.8) is 0 Å². The summed E-state index contributed by atoms with van der Waals surface area (Å²) in [4.78, 5) is 46.6. The lowest BCUT2D eigenvalue weighted by atomic mass is 9.74. The van der Waals surface area contributed by atoms with Crippen LogP contribution in [-0.4, -0.2) is 67.3 Å². The number of nitriles is 1. The lowest BCUT2D eigenvalue weighted by molar-refractivity contribution is -0.156. The van der Waals surface area contributed by atoms with Crippen LogP contribution in [0.3, 0.4) is 0 Å². The minimum atomic E-state index is -1.22. The Hall–Kier alpha value is -4.52. The smallest absolute Gasteiger partial charge is 0.338 e. The number of halogens is 1. The molecule has 1 saturated heterocycles. The van der Waals surface area contributed by atoms with Crippen molar-refractivity contribution in [1.29, 1.82) is 5.26 Å². The highest BCUT2D eigenvalue weighted by atomic mass is 127. The van der Waals surface area contributed by atoms with E-state index < -0.39 is 38.7 Å². The highest BCUT2D eigenvalue weighted by molar-refractivity contribution is 14.1. The highest BCUT2D eigenvalue weighted by Gasteiger charge is 2.45. The molecule has 2 amide bonds. The van der Waals surface area contributed by atoms with Crippen molar-refractivity contribution in [2.45, 2.75) is 88.5 Å². The number of alkyl halides is 1. The Morgan fingerprint density at radius 2 is 2.00 bits per heavy atom. The molecule has 0 spiro atoms. The largest absolute Gasteiger partial charge is 0.508 e. The first kappa shape index (κ1) is 39.7. The number of phenols is 1. The van der Waals surface area contributed by atoms with Gasteiger partial charge in [0.15, 0.2) is 3.55 Å². The SMILES string of the molecule is CCn1c(-c2cccnc2[C@H](C)OC)c2c3cc(ccc31)-c1cc(O)cc(c1)C[C@H](NC(=O)C1CCC1C#N)C(=O)N1CCC[C@@](I)(N1)C(=O)OCC(C)(C)C2. The molecule has 2 fully saturated rings. The molecule has 1 aliphatic carbocycles. The number of esters is 1. The molecule has 6 bridgehead atoms. The maximum atomic E-state index is 14.4. The lowest BCUT2D eigenvalue weighted by Gasteiger charge is -2.40. The number of hydrazine groups is 1. The molecule has 3 N–H and O–H groups in total. The van der Waals surface area contributed by atoms with Crippen molar-refractivity contribution < 1.29 is 29.0 Å². The fraction of sp³-hybridized carbons (Fsp3) is 0.465. The second-order valence-electron chi connectivity index (χ2n) is 16.1. The lowest BCUT2D eigenvalue weighted by Crippen LogP contribution is -2.64. The summed E-state index contributed by atoms with van der Waals surface area (Å²) in [6.45, 7) is 9.40. The van der Waals surface area contributed by atoms with E-state index in [2.05, 4.69) is 60.3 Å². The molecule has 1 saturated carbocycles. The molecule has 5 atom stereocenters. The van der Waals surface area contributed by atoms with E-state index in [1.807, 2.05) is 47.7 Å². The zero-order valence-corrected chi connectivity index (χ0v) is 34.7. The summed E-state index contributed by atoms with van der Waals surface area (Å²) in [6, 6.07) is 16.7. The number of carbonyl (C=O) groups excluding carboxylic acids is 3. The summed E-state index contributed by atoms with van der Waals surface area (Å²) in [7, 11) is 1.68. The Bertz CT molecular complexity index is 2230. The van der Waals surface area contributed by atoms with E-state index in [0.29, 0.717) is 50.8 Å². The van der Waals surface area contributed by atoms with E-state index in [1.54, 1.807) is 25.4 Å². The number of cyclic esters (lactones) is 1. The van der Waals surface area contributed by atoms with Gasteiger partial charge < -0.3 is 24.5 Å². The number of pyridine rings is 1. The molecule has 13 heteroatoms. The molecule has 7 rings (SSSR count). The number of carbonyl (C=O) groups is 3. The normalized spacial score (nSPS) is 24.4. The highest BCUT2D eigenvalue weighted by Crippen LogP contribution is 2.42. The summed E-state index contributed by atoms with van der Waals surface area (Å²) in [6.07, 6.45) is 4.33. The molecule has 294 valence electrons. The van der Waals surface area contributed by atoms with Gasteiger partial charge in [0.25, 0.3) is 5.91 Å². The minimum absolute atomic E-state index is 0.0277. The van der Waals surface area contributed by atoms with Crippen LogP contribution in [-0.2, 0) is 43.2 Å². The van der Waals surface area contributed by atoms with Crippen molar-refractivity contribution in [1.82, 2.24) is 25.3 Å². The molecule has 2 aromatic heterocycles. The third-order valence-corrected chi connectivity index (χ3v) is 12.7. The van der Waals surface area contributed by atoms with E-state index in [-0.39, 0.29) is 30.8 Å². The van der Waals surface area contributed by atoms with Crippen LogP contribution in [0, 0.1) is 28.6 Å². The molecule has 12 nitrogen and oxygen atoms in total. The predicted molar refractivity (Wildman–Crippen MR) is 220 cm³/mol. The van der Waals surface area contributed by atoms with Crippen LogP contribution in [0.2, 0.25) is 0 Å². The van der Waals surface area contributed by atoms with Gasteiger partial charge >= 0.3 is 5.97 Å². The number of amides is 2. The average molecular weight is 873 g/mol. The zero-order valence-electron chi connectivity index (χ0n) is 32.5. The number of benzene rings is 2. The van der Waals surface area contributed by atoms with Crippen LogP contribution in [0.4, 0.5) is 0 Å². The summed E-state index contributed by atoms with van der Waals surface area (Å²) < 4.78 is 13.0. The van der Waals surface area contributed by atoms with Gasteiger partial charge in [0, 0.05) is 54.7 Å². The van der Waals surface area contributed by atoms with Crippen LogP contribution in [0.15, 0.2) is 54.7 Å². The number of aromatic hydroxyl groups is 1. The molecule has 3 aliphatic rings. The van der Waals surface area contributed by atoms with Crippen molar-refractivity contribution in [2.75, 3.05) is 20.3 Å². The summed E-state index contributed by atoms with van der Waals surface area (Å²) in [5.74, 6) is -2.12. The Balaban J connectivity index is 1.40. The summed E-state index contributed by atoms with van der Waals surface area (Å²) >= 11 is 2.04. The van der Waals surface area contributed by atoms with E-state index in [4.69, 9.17) is 14.5 Å². The Morgan fingerprint density at radius 3 is 2.71 bits per heavy atom. The van der Waals surface area contributed by atoms with Crippen LogP contribution in [0.5, 0.6) is 5.75 Å². The topological polar surface area (TPSA) is 159 Å². The summed E-state index contributed by atoms with van der Waals surface area (Å²) in [5, 5.41) is 26.1. The van der Waals surface area contributed by atoms with Gasteiger partial charge in [-0.15, -0.1) is 0 Å². The standard InChI is InChI=1S/C43H49IN6O6/c1-6-49-36-13-11-27-21-33(36)34(38(49)32-9-7-15-46-37(32)25(2)55-5)22-42(3,4)24-56-41(54)43(44)14-8-16-50(48-43)40(53)35(19-26-17-29(27)20-30(51)18-26)47-39(52)31-12-10-28(31)23-45/h7,9,11,13,15,17-18,20-21,25,28,31,35,48,51H,6,8,10,12,14,16,19,22,24H2,1-5H3,(H,47,52)/t25-,28?,31?,35-,43+/m0/s1. The van der Waals surface area contributed by atoms with Gasteiger partial charge in [-0.3, -0.25) is 19.6 Å². The fourth-order valence-electron chi connectivity index (χ4n) is 8.33. The van der Waals surface area contributed by atoms with Crippen molar-refractivity contribution in [3.05, 3.63) is 71.5 Å². The number of nitrogens with one attached hydrogen (secondary N) is 2. The number of fused-ring (bicyclic) bond motifs is 6. The van der Waals surface area contributed by atoms with E-state index >= 15 is 0 Å². The van der Waals surface area contributed by atoms with Gasteiger partial charge in [0.05, 0.1) is 42.0 Å². The molecule has 2 aliphatic heterocycles. The van der Waals surface area contributed by atoms with Crippen LogP contribution < -0.4 is 10.7 Å². The van der Waals surface area contributed by atoms with Gasteiger partial charge in [0.2, 0.25) is 5.91 Å². The number of methoxy groups -OCH3 is 1. The fourth-order valence-corrected chi connectivity index (χ4v) is 9.15. The molecule has 4 aromatic rings. The van der Waals surface area contributed by atoms with Gasteiger partial charge in [-0.05, 0) is 127 Å². The second-order valence-corrected chi connectivity index (χ2v) is 18.0. The van der Waals surface area contributed by atoms with E-state index in [1.165, 1.54) is 5.01 Å². The van der Waals surface area contributed by atoms with Crippen molar-refractivity contribution in [3.8, 4) is 34.2 Å². The number of hydrogen-bond donors (Lipinski definition) is 3. The van der Waals surface area contributed by atoms with Crippen LogP contribution in [0.25, 0.3) is 33.3 Å².